The number of rotatable bonds is 6. The van der Waals surface area contributed by atoms with E-state index in [4.69, 9.17) is 0 Å². The third-order valence-corrected chi connectivity index (χ3v) is 5.01. The molecular formula is C14H17F2N3O3S. The SMILES string of the molecule is Cc1nn(C)c(C)c1S(=O)(=O)NCc1ccccc1OC(F)F. The lowest BCUT2D eigenvalue weighted by molar-refractivity contribution is -0.0504. The number of benzene rings is 1. The molecule has 0 unspecified atom stereocenters. The highest BCUT2D eigenvalue weighted by atomic mass is 32.2. The lowest BCUT2D eigenvalue weighted by Crippen LogP contribution is -2.24. The van der Waals surface area contributed by atoms with Gasteiger partial charge in [-0.2, -0.15) is 13.9 Å². The molecule has 0 amide bonds. The quantitative estimate of drug-likeness (QED) is 0.870. The van der Waals surface area contributed by atoms with E-state index in [0.717, 1.165) is 0 Å². The molecule has 0 spiro atoms. The van der Waals surface area contributed by atoms with Gasteiger partial charge in [-0.3, -0.25) is 4.68 Å². The first-order valence-corrected chi connectivity index (χ1v) is 8.23. The van der Waals surface area contributed by atoms with Crippen LogP contribution >= 0.6 is 0 Å². The van der Waals surface area contributed by atoms with Crippen LogP contribution in [0.2, 0.25) is 0 Å². The van der Waals surface area contributed by atoms with Gasteiger partial charge in [-0.25, -0.2) is 13.1 Å². The summed E-state index contributed by atoms with van der Waals surface area (Å²) in [4.78, 5) is 0.0901. The van der Waals surface area contributed by atoms with E-state index in [2.05, 4.69) is 14.6 Å². The number of nitrogens with zero attached hydrogens (tertiary/aromatic N) is 2. The summed E-state index contributed by atoms with van der Waals surface area (Å²) in [5.41, 5.74) is 1.18. The number of hydrogen-bond acceptors (Lipinski definition) is 4. The van der Waals surface area contributed by atoms with Crippen molar-refractivity contribution in [1.82, 2.24) is 14.5 Å². The second-order valence-corrected chi connectivity index (χ2v) is 6.64. The van der Waals surface area contributed by atoms with Crippen molar-refractivity contribution < 1.29 is 21.9 Å². The molecule has 2 aromatic rings. The largest absolute Gasteiger partial charge is 0.434 e. The monoisotopic (exact) mass is 345 g/mol. The number of ether oxygens (including phenoxy) is 1. The van der Waals surface area contributed by atoms with Crippen molar-refractivity contribution in [3.63, 3.8) is 0 Å². The molecule has 1 N–H and O–H groups in total. The second kappa shape index (κ2) is 6.63. The number of sulfonamides is 1. The molecule has 0 fully saturated rings. The van der Waals surface area contributed by atoms with Crippen molar-refractivity contribution >= 4 is 10.0 Å². The van der Waals surface area contributed by atoms with Crippen LogP contribution in [0.5, 0.6) is 5.75 Å². The van der Waals surface area contributed by atoms with E-state index in [1.165, 1.54) is 22.9 Å². The first kappa shape index (κ1) is 17.4. The van der Waals surface area contributed by atoms with Gasteiger partial charge in [-0.05, 0) is 19.9 Å². The molecule has 1 aromatic carbocycles. The molecule has 1 aromatic heterocycles. The minimum atomic E-state index is -3.82. The predicted molar refractivity (Wildman–Crippen MR) is 79.8 cm³/mol. The lowest BCUT2D eigenvalue weighted by Gasteiger charge is -2.12. The fraction of sp³-hybridized carbons (Fsp3) is 0.357. The maximum atomic E-state index is 12.4. The molecule has 9 heteroatoms. The number of aryl methyl sites for hydroxylation is 2. The number of halogens is 2. The zero-order chi connectivity index (χ0) is 17.2. The van der Waals surface area contributed by atoms with Crippen LogP contribution < -0.4 is 9.46 Å². The van der Waals surface area contributed by atoms with Crippen LogP contribution in [0.4, 0.5) is 8.78 Å². The Balaban J connectivity index is 2.24. The highest BCUT2D eigenvalue weighted by Gasteiger charge is 2.24. The normalized spacial score (nSPS) is 11.9. The van der Waals surface area contributed by atoms with E-state index in [0.29, 0.717) is 17.0 Å². The standard InChI is InChI=1S/C14H17F2N3O3S/c1-9-13(10(2)19(3)18-9)23(20,21)17-8-11-6-4-5-7-12(11)22-14(15)16/h4-7,14,17H,8H2,1-3H3. The van der Waals surface area contributed by atoms with Gasteiger partial charge >= 0.3 is 6.61 Å². The Labute approximate surface area is 133 Å². The molecule has 0 aliphatic carbocycles. The highest BCUT2D eigenvalue weighted by molar-refractivity contribution is 7.89. The van der Waals surface area contributed by atoms with Crippen LogP contribution in [0, 0.1) is 13.8 Å². The summed E-state index contributed by atoms with van der Waals surface area (Å²) in [5.74, 6) is -0.0650. The Morgan fingerprint density at radius 1 is 1.30 bits per heavy atom. The maximum absolute atomic E-state index is 12.4. The first-order chi connectivity index (χ1) is 10.7. The van der Waals surface area contributed by atoms with Crippen LogP contribution in [-0.2, 0) is 23.6 Å². The Bertz CT molecular complexity index is 804. The maximum Gasteiger partial charge on any atom is 0.387 e. The average molecular weight is 345 g/mol. The zero-order valence-corrected chi connectivity index (χ0v) is 13.7. The summed E-state index contributed by atoms with van der Waals surface area (Å²) in [6.45, 7) is 0.0900. The molecule has 0 bridgehead atoms. The summed E-state index contributed by atoms with van der Waals surface area (Å²) in [5, 5.41) is 4.06. The van der Waals surface area contributed by atoms with E-state index in [1.54, 1.807) is 27.0 Å². The van der Waals surface area contributed by atoms with E-state index in [1.807, 2.05) is 0 Å². The van der Waals surface area contributed by atoms with Gasteiger partial charge in [0.2, 0.25) is 10.0 Å². The van der Waals surface area contributed by atoms with Crippen LogP contribution in [0.25, 0.3) is 0 Å². The third kappa shape index (κ3) is 3.85. The third-order valence-electron chi connectivity index (χ3n) is 3.35. The number of alkyl halides is 2. The van der Waals surface area contributed by atoms with Gasteiger partial charge in [0.15, 0.2) is 0 Å². The fourth-order valence-electron chi connectivity index (χ4n) is 2.25. The molecule has 126 valence electrons. The summed E-state index contributed by atoms with van der Waals surface area (Å²) in [7, 11) is -2.17. The molecule has 0 atom stereocenters. The summed E-state index contributed by atoms with van der Waals surface area (Å²) in [6, 6.07) is 6.02. The number of para-hydroxylation sites is 1. The molecule has 2 rings (SSSR count). The van der Waals surface area contributed by atoms with E-state index in [9.17, 15) is 17.2 Å². The average Bonchev–Trinajstić information content (AvgIpc) is 2.71. The minimum Gasteiger partial charge on any atom is -0.434 e. The molecule has 0 radical (unpaired) electrons. The molecular weight excluding hydrogens is 328 g/mol. The Hall–Kier alpha value is -2.00. The summed E-state index contributed by atoms with van der Waals surface area (Å²) < 4.78 is 57.9. The van der Waals surface area contributed by atoms with Gasteiger partial charge in [0.25, 0.3) is 0 Å². The zero-order valence-electron chi connectivity index (χ0n) is 12.9. The number of nitrogens with one attached hydrogen (secondary N) is 1. The van der Waals surface area contributed by atoms with Gasteiger partial charge in [-0.15, -0.1) is 0 Å². The van der Waals surface area contributed by atoms with Gasteiger partial charge < -0.3 is 4.74 Å². The molecule has 6 nitrogen and oxygen atoms in total. The van der Waals surface area contributed by atoms with Crippen LogP contribution in [0.15, 0.2) is 29.2 Å². The number of aromatic nitrogens is 2. The van der Waals surface area contributed by atoms with Crippen molar-refractivity contribution in [2.75, 3.05) is 0 Å². The van der Waals surface area contributed by atoms with Crippen LogP contribution in [0.3, 0.4) is 0 Å². The first-order valence-electron chi connectivity index (χ1n) is 6.75. The van der Waals surface area contributed by atoms with Gasteiger partial charge in [-0.1, -0.05) is 18.2 Å². The number of hydrogen-bond donors (Lipinski definition) is 1. The van der Waals surface area contributed by atoms with Crippen molar-refractivity contribution in [2.24, 2.45) is 7.05 Å². The molecule has 0 saturated carbocycles. The van der Waals surface area contributed by atoms with E-state index >= 15 is 0 Å². The van der Waals surface area contributed by atoms with E-state index in [-0.39, 0.29) is 17.2 Å². The fourth-order valence-corrected chi connectivity index (χ4v) is 3.69. The predicted octanol–water partition coefficient (Wildman–Crippen LogP) is 2.12. The van der Waals surface area contributed by atoms with Crippen molar-refractivity contribution in [2.45, 2.75) is 31.9 Å². The minimum absolute atomic E-state index is 0.0650. The van der Waals surface area contributed by atoms with Crippen LogP contribution in [0.1, 0.15) is 17.0 Å². The smallest absolute Gasteiger partial charge is 0.387 e. The van der Waals surface area contributed by atoms with Crippen molar-refractivity contribution in [1.29, 1.82) is 0 Å². The van der Waals surface area contributed by atoms with Gasteiger partial charge in [0.1, 0.15) is 10.6 Å². The lowest BCUT2D eigenvalue weighted by atomic mass is 10.2. The molecule has 0 aliphatic heterocycles. The van der Waals surface area contributed by atoms with Gasteiger partial charge in [0, 0.05) is 19.2 Å². The molecule has 1 heterocycles. The van der Waals surface area contributed by atoms with Gasteiger partial charge in [0.05, 0.1) is 11.4 Å². The van der Waals surface area contributed by atoms with Crippen LogP contribution in [-0.4, -0.2) is 24.8 Å². The second-order valence-electron chi connectivity index (χ2n) is 4.93. The Morgan fingerprint density at radius 2 is 1.96 bits per heavy atom. The summed E-state index contributed by atoms with van der Waals surface area (Å²) >= 11 is 0. The topological polar surface area (TPSA) is 73.2 Å². The highest BCUT2D eigenvalue weighted by Crippen LogP contribution is 2.22. The molecule has 0 saturated heterocycles. The molecule has 0 aliphatic rings. The van der Waals surface area contributed by atoms with E-state index < -0.39 is 16.6 Å². The van der Waals surface area contributed by atoms with Crippen molar-refractivity contribution in [3.8, 4) is 5.75 Å². The molecule has 23 heavy (non-hydrogen) atoms. The summed E-state index contributed by atoms with van der Waals surface area (Å²) in [6.07, 6.45) is 0. The van der Waals surface area contributed by atoms with Crippen molar-refractivity contribution in [3.05, 3.63) is 41.2 Å². The Morgan fingerprint density at radius 3 is 2.52 bits per heavy atom. The Kier molecular flexibility index (Phi) is 5.00.